The molecule has 0 aliphatic carbocycles. The van der Waals surface area contributed by atoms with Gasteiger partial charge >= 0.3 is 0 Å². The Bertz CT molecular complexity index is 355. The third-order valence-corrected chi connectivity index (χ3v) is 3.19. The van der Waals surface area contributed by atoms with Crippen molar-refractivity contribution in [1.82, 2.24) is 14.9 Å². The molecule has 1 fully saturated rings. The minimum absolute atomic E-state index is 0.403. The number of piperazine rings is 1. The molecule has 2 rings (SSSR count). The number of anilines is 1. The number of nitrogens with zero attached hydrogens (tertiary/aromatic N) is 4. The fourth-order valence-electron chi connectivity index (χ4n) is 2.19. The van der Waals surface area contributed by atoms with Gasteiger partial charge in [-0.25, -0.2) is 9.97 Å². The Labute approximate surface area is 114 Å². The first-order chi connectivity index (χ1) is 9.29. The van der Waals surface area contributed by atoms with Gasteiger partial charge in [0.1, 0.15) is 0 Å². The van der Waals surface area contributed by atoms with Crippen molar-refractivity contribution >= 4 is 5.95 Å². The second-order valence-corrected chi connectivity index (χ2v) is 4.65. The fourth-order valence-corrected chi connectivity index (χ4v) is 2.19. The molecule has 1 aliphatic rings. The van der Waals surface area contributed by atoms with Crippen molar-refractivity contribution in [2.45, 2.75) is 13.0 Å². The molecule has 1 aromatic rings. The minimum atomic E-state index is -0.403. The van der Waals surface area contributed by atoms with Gasteiger partial charge in [0.2, 0.25) is 5.95 Å². The van der Waals surface area contributed by atoms with E-state index in [-0.39, 0.29) is 0 Å². The predicted octanol–water partition coefficient (Wildman–Crippen LogP) is -0.00400. The summed E-state index contributed by atoms with van der Waals surface area (Å²) in [5.41, 5.74) is 0. The molecule has 19 heavy (non-hydrogen) atoms. The van der Waals surface area contributed by atoms with Gasteiger partial charge in [0.15, 0.2) is 0 Å². The zero-order valence-electron chi connectivity index (χ0n) is 11.4. The summed E-state index contributed by atoms with van der Waals surface area (Å²) < 4.78 is 5.22. The van der Waals surface area contributed by atoms with Gasteiger partial charge in [-0.3, -0.25) is 4.90 Å². The molecule has 1 atom stereocenters. The van der Waals surface area contributed by atoms with Crippen molar-refractivity contribution in [2.75, 3.05) is 50.8 Å². The largest absolute Gasteiger partial charge is 0.389 e. The summed E-state index contributed by atoms with van der Waals surface area (Å²) in [4.78, 5) is 12.9. The summed E-state index contributed by atoms with van der Waals surface area (Å²) in [7, 11) is 0. The van der Waals surface area contributed by atoms with Crippen LogP contribution < -0.4 is 4.90 Å². The molecule has 6 heteroatoms. The molecule has 1 aliphatic heterocycles. The van der Waals surface area contributed by atoms with Crippen molar-refractivity contribution in [3.8, 4) is 0 Å². The molecule has 2 heterocycles. The topological polar surface area (TPSA) is 61.7 Å². The average molecular weight is 266 g/mol. The molecule has 1 saturated heterocycles. The number of aliphatic hydroxyl groups excluding tert-OH is 1. The molecule has 0 saturated carbocycles. The average Bonchev–Trinajstić information content (AvgIpc) is 2.47. The van der Waals surface area contributed by atoms with E-state index in [9.17, 15) is 5.11 Å². The highest BCUT2D eigenvalue weighted by molar-refractivity contribution is 5.29. The van der Waals surface area contributed by atoms with Gasteiger partial charge in [0, 0.05) is 51.7 Å². The molecule has 0 amide bonds. The first-order valence-corrected chi connectivity index (χ1v) is 6.79. The van der Waals surface area contributed by atoms with E-state index in [0.717, 1.165) is 32.1 Å². The van der Waals surface area contributed by atoms with Gasteiger partial charge < -0.3 is 14.7 Å². The van der Waals surface area contributed by atoms with E-state index < -0.39 is 6.10 Å². The Kier molecular flexibility index (Phi) is 5.50. The minimum Gasteiger partial charge on any atom is -0.389 e. The lowest BCUT2D eigenvalue weighted by atomic mass is 10.2. The van der Waals surface area contributed by atoms with E-state index in [4.69, 9.17) is 4.74 Å². The van der Waals surface area contributed by atoms with Crippen molar-refractivity contribution < 1.29 is 9.84 Å². The molecule has 1 aromatic heterocycles. The van der Waals surface area contributed by atoms with Crippen LogP contribution in [-0.4, -0.2) is 72.0 Å². The molecule has 0 spiro atoms. The van der Waals surface area contributed by atoms with Gasteiger partial charge in [-0.2, -0.15) is 0 Å². The van der Waals surface area contributed by atoms with Crippen LogP contribution in [0.1, 0.15) is 6.92 Å². The molecular weight excluding hydrogens is 244 g/mol. The highest BCUT2D eigenvalue weighted by Gasteiger charge is 2.20. The second kappa shape index (κ2) is 7.37. The van der Waals surface area contributed by atoms with Gasteiger partial charge in [-0.15, -0.1) is 0 Å². The van der Waals surface area contributed by atoms with Gasteiger partial charge in [0.05, 0.1) is 12.7 Å². The summed E-state index contributed by atoms with van der Waals surface area (Å²) in [6.45, 7) is 7.29. The first-order valence-electron chi connectivity index (χ1n) is 6.79. The Balaban J connectivity index is 1.73. The van der Waals surface area contributed by atoms with Crippen LogP contribution in [0.5, 0.6) is 0 Å². The maximum Gasteiger partial charge on any atom is 0.225 e. The second-order valence-electron chi connectivity index (χ2n) is 4.65. The first kappa shape index (κ1) is 14.2. The van der Waals surface area contributed by atoms with E-state index in [1.54, 1.807) is 12.4 Å². The van der Waals surface area contributed by atoms with Crippen LogP contribution in [0.2, 0.25) is 0 Å². The lowest BCUT2D eigenvalue weighted by Crippen LogP contribution is -2.49. The summed E-state index contributed by atoms with van der Waals surface area (Å²) in [5, 5.41) is 9.81. The molecule has 0 aromatic carbocycles. The van der Waals surface area contributed by atoms with E-state index in [2.05, 4.69) is 19.8 Å². The highest BCUT2D eigenvalue weighted by atomic mass is 16.5. The maximum absolute atomic E-state index is 9.81. The lowest BCUT2D eigenvalue weighted by molar-refractivity contribution is 0.0202. The Morgan fingerprint density at radius 1 is 1.26 bits per heavy atom. The molecule has 1 N–H and O–H groups in total. The van der Waals surface area contributed by atoms with Crippen molar-refractivity contribution in [3.05, 3.63) is 18.5 Å². The van der Waals surface area contributed by atoms with Gasteiger partial charge in [-0.1, -0.05) is 0 Å². The molecule has 0 radical (unpaired) electrons. The van der Waals surface area contributed by atoms with Crippen LogP contribution in [0.15, 0.2) is 18.5 Å². The fraction of sp³-hybridized carbons (Fsp3) is 0.692. The summed E-state index contributed by atoms with van der Waals surface area (Å²) in [6.07, 6.45) is 3.13. The van der Waals surface area contributed by atoms with Crippen LogP contribution >= 0.6 is 0 Å². The number of hydrogen-bond donors (Lipinski definition) is 1. The number of ether oxygens (including phenoxy) is 1. The number of β-amino-alcohol motifs (C(OH)–C–C–N with tert-alkyl or cyclic N) is 1. The molecule has 106 valence electrons. The third kappa shape index (κ3) is 4.41. The van der Waals surface area contributed by atoms with E-state index in [0.29, 0.717) is 19.8 Å². The normalized spacial score (nSPS) is 18.5. The summed E-state index contributed by atoms with van der Waals surface area (Å²) in [5.74, 6) is 0.789. The predicted molar refractivity (Wildman–Crippen MR) is 73.2 cm³/mol. The van der Waals surface area contributed by atoms with Crippen molar-refractivity contribution in [1.29, 1.82) is 0 Å². The quantitative estimate of drug-likeness (QED) is 0.782. The SMILES string of the molecule is CCOCC(O)CN1CCN(c2ncccn2)CC1. The smallest absolute Gasteiger partial charge is 0.225 e. The van der Waals surface area contributed by atoms with Crippen LogP contribution in [0.4, 0.5) is 5.95 Å². The van der Waals surface area contributed by atoms with E-state index in [1.165, 1.54) is 0 Å². The van der Waals surface area contributed by atoms with Gasteiger partial charge in [-0.05, 0) is 13.0 Å². The highest BCUT2D eigenvalue weighted by Crippen LogP contribution is 2.09. The lowest BCUT2D eigenvalue weighted by Gasteiger charge is -2.35. The molecule has 1 unspecified atom stereocenters. The monoisotopic (exact) mass is 266 g/mol. The Morgan fingerprint density at radius 3 is 2.58 bits per heavy atom. The molecule has 0 bridgehead atoms. The summed E-state index contributed by atoms with van der Waals surface area (Å²) >= 11 is 0. The zero-order chi connectivity index (χ0) is 13.5. The Morgan fingerprint density at radius 2 is 1.95 bits per heavy atom. The van der Waals surface area contributed by atoms with E-state index in [1.807, 2.05) is 13.0 Å². The van der Waals surface area contributed by atoms with Crippen LogP contribution in [0, 0.1) is 0 Å². The van der Waals surface area contributed by atoms with Crippen LogP contribution in [-0.2, 0) is 4.74 Å². The van der Waals surface area contributed by atoms with Crippen molar-refractivity contribution in [2.24, 2.45) is 0 Å². The number of aromatic nitrogens is 2. The molecular formula is C13H22N4O2. The zero-order valence-corrected chi connectivity index (χ0v) is 11.4. The number of aliphatic hydroxyl groups is 1. The summed E-state index contributed by atoms with van der Waals surface area (Å²) in [6, 6.07) is 1.82. The number of hydrogen-bond acceptors (Lipinski definition) is 6. The van der Waals surface area contributed by atoms with Crippen LogP contribution in [0.3, 0.4) is 0 Å². The maximum atomic E-state index is 9.81. The van der Waals surface area contributed by atoms with Crippen molar-refractivity contribution in [3.63, 3.8) is 0 Å². The standard InChI is InChI=1S/C13H22N4O2/c1-2-19-11-12(18)10-16-6-8-17(9-7-16)13-14-4-3-5-15-13/h3-5,12,18H,2,6-11H2,1H3. The third-order valence-electron chi connectivity index (χ3n) is 3.19. The van der Waals surface area contributed by atoms with E-state index >= 15 is 0 Å². The van der Waals surface area contributed by atoms with Crippen LogP contribution in [0.25, 0.3) is 0 Å². The Hall–Kier alpha value is -1.24. The molecule has 6 nitrogen and oxygen atoms in total. The van der Waals surface area contributed by atoms with Gasteiger partial charge in [0.25, 0.3) is 0 Å². The number of rotatable bonds is 6.